The highest BCUT2D eigenvalue weighted by molar-refractivity contribution is 5.85. The minimum atomic E-state index is -0.259. The molecular formula is C14H29ClN2O. The summed E-state index contributed by atoms with van der Waals surface area (Å²) in [6.07, 6.45) is 2.09. The van der Waals surface area contributed by atoms with E-state index in [9.17, 15) is 4.79 Å². The van der Waals surface area contributed by atoms with Crippen molar-refractivity contribution in [3.05, 3.63) is 0 Å². The molecule has 0 aliphatic carbocycles. The average molecular weight is 277 g/mol. The van der Waals surface area contributed by atoms with Crippen molar-refractivity contribution in [2.24, 2.45) is 17.3 Å². The molecule has 0 aromatic carbocycles. The number of hydrogen-bond acceptors (Lipinski definition) is 2. The van der Waals surface area contributed by atoms with Gasteiger partial charge in [-0.2, -0.15) is 0 Å². The minimum Gasteiger partial charge on any atom is -0.351 e. The quantitative estimate of drug-likeness (QED) is 0.829. The van der Waals surface area contributed by atoms with Crippen molar-refractivity contribution in [2.75, 3.05) is 13.1 Å². The van der Waals surface area contributed by atoms with Gasteiger partial charge < -0.3 is 10.6 Å². The van der Waals surface area contributed by atoms with Gasteiger partial charge in [0.2, 0.25) is 5.91 Å². The second kappa shape index (κ2) is 7.34. The Kier molecular flexibility index (Phi) is 7.23. The molecule has 2 N–H and O–H groups in total. The van der Waals surface area contributed by atoms with Crippen LogP contribution in [0, 0.1) is 17.3 Å². The summed E-state index contributed by atoms with van der Waals surface area (Å²) >= 11 is 0. The van der Waals surface area contributed by atoms with Crippen LogP contribution in [0.25, 0.3) is 0 Å². The normalized spacial score (nSPS) is 24.6. The molecule has 1 amide bonds. The van der Waals surface area contributed by atoms with Gasteiger partial charge in [-0.25, -0.2) is 0 Å². The number of nitrogens with one attached hydrogen (secondary N) is 2. The van der Waals surface area contributed by atoms with Gasteiger partial charge in [-0.15, -0.1) is 12.4 Å². The van der Waals surface area contributed by atoms with Gasteiger partial charge in [-0.3, -0.25) is 4.79 Å². The largest absolute Gasteiger partial charge is 0.351 e. The number of piperidine rings is 1. The maximum atomic E-state index is 12.3. The first-order chi connectivity index (χ1) is 7.83. The Hall–Kier alpha value is -0.280. The standard InChI is InChI=1S/C14H28N2O.ClH/c1-10(2)8-14(4,5)13(17)16-12-9-15-7-6-11(12)3;/h10-12,15H,6-9H2,1-5H3,(H,16,17);1H. The lowest BCUT2D eigenvalue weighted by molar-refractivity contribution is -0.131. The van der Waals surface area contributed by atoms with Gasteiger partial charge in [-0.05, 0) is 31.2 Å². The lowest BCUT2D eigenvalue weighted by Crippen LogP contribution is -2.53. The highest BCUT2D eigenvalue weighted by Crippen LogP contribution is 2.26. The van der Waals surface area contributed by atoms with E-state index in [-0.39, 0.29) is 23.7 Å². The van der Waals surface area contributed by atoms with E-state index in [1.807, 2.05) is 13.8 Å². The van der Waals surface area contributed by atoms with E-state index in [0.29, 0.717) is 17.9 Å². The van der Waals surface area contributed by atoms with E-state index in [4.69, 9.17) is 0 Å². The maximum absolute atomic E-state index is 12.3. The Labute approximate surface area is 118 Å². The SMILES string of the molecule is CC(C)CC(C)(C)C(=O)NC1CNCCC1C.Cl. The van der Waals surface area contributed by atoms with Crippen LogP contribution in [0.5, 0.6) is 0 Å². The number of hydrogen-bond donors (Lipinski definition) is 2. The summed E-state index contributed by atoms with van der Waals surface area (Å²) in [5.41, 5.74) is -0.259. The summed E-state index contributed by atoms with van der Waals surface area (Å²) in [7, 11) is 0. The van der Waals surface area contributed by atoms with Crippen molar-refractivity contribution >= 4 is 18.3 Å². The number of carbonyl (C=O) groups is 1. The second-order valence-electron chi connectivity index (χ2n) is 6.53. The summed E-state index contributed by atoms with van der Waals surface area (Å²) in [6, 6.07) is 0.294. The van der Waals surface area contributed by atoms with Crippen LogP contribution in [0.4, 0.5) is 0 Å². The Bertz CT molecular complexity index is 267. The van der Waals surface area contributed by atoms with Crippen LogP contribution in [-0.2, 0) is 4.79 Å². The van der Waals surface area contributed by atoms with E-state index in [1.165, 1.54) is 0 Å². The molecule has 1 saturated heterocycles. The van der Waals surface area contributed by atoms with Crippen molar-refractivity contribution in [3.63, 3.8) is 0 Å². The highest BCUT2D eigenvalue weighted by Gasteiger charge is 2.31. The number of amides is 1. The van der Waals surface area contributed by atoms with Crippen molar-refractivity contribution in [3.8, 4) is 0 Å². The van der Waals surface area contributed by atoms with Gasteiger partial charge in [0.25, 0.3) is 0 Å². The molecule has 1 heterocycles. The third-order valence-electron chi connectivity index (χ3n) is 3.68. The van der Waals surface area contributed by atoms with Gasteiger partial charge in [0.05, 0.1) is 0 Å². The summed E-state index contributed by atoms with van der Waals surface area (Å²) < 4.78 is 0. The molecule has 2 atom stereocenters. The molecule has 1 rings (SSSR count). The molecule has 0 aromatic heterocycles. The minimum absolute atomic E-state index is 0. The van der Waals surface area contributed by atoms with Gasteiger partial charge in [0.15, 0.2) is 0 Å². The van der Waals surface area contributed by atoms with E-state index in [1.54, 1.807) is 0 Å². The molecule has 18 heavy (non-hydrogen) atoms. The van der Waals surface area contributed by atoms with Crippen LogP contribution >= 0.6 is 12.4 Å². The van der Waals surface area contributed by atoms with Gasteiger partial charge in [-0.1, -0.05) is 34.6 Å². The van der Waals surface area contributed by atoms with Gasteiger partial charge in [0.1, 0.15) is 0 Å². The van der Waals surface area contributed by atoms with E-state index >= 15 is 0 Å². The van der Waals surface area contributed by atoms with Crippen LogP contribution in [0.1, 0.15) is 47.5 Å². The van der Waals surface area contributed by atoms with Crippen molar-refractivity contribution in [1.29, 1.82) is 0 Å². The molecule has 1 fully saturated rings. The van der Waals surface area contributed by atoms with E-state index < -0.39 is 0 Å². The predicted molar refractivity (Wildman–Crippen MR) is 79.1 cm³/mol. The number of carbonyl (C=O) groups excluding carboxylic acids is 1. The predicted octanol–water partition coefficient (Wildman–Crippen LogP) is 2.59. The van der Waals surface area contributed by atoms with Crippen LogP contribution in [0.2, 0.25) is 0 Å². The molecule has 0 aromatic rings. The third-order valence-corrected chi connectivity index (χ3v) is 3.68. The summed E-state index contributed by atoms with van der Waals surface area (Å²) in [5.74, 6) is 1.33. The molecule has 4 heteroatoms. The monoisotopic (exact) mass is 276 g/mol. The Morgan fingerprint density at radius 1 is 1.44 bits per heavy atom. The van der Waals surface area contributed by atoms with Crippen molar-refractivity contribution in [2.45, 2.75) is 53.5 Å². The van der Waals surface area contributed by atoms with Crippen LogP contribution in [0.3, 0.4) is 0 Å². The molecular weight excluding hydrogens is 248 g/mol. The van der Waals surface area contributed by atoms with Gasteiger partial charge in [0, 0.05) is 18.0 Å². The molecule has 3 nitrogen and oxygen atoms in total. The van der Waals surface area contributed by atoms with Crippen molar-refractivity contribution < 1.29 is 4.79 Å². The first-order valence-corrected chi connectivity index (χ1v) is 6.84. The average Bonchev–Trinajstić information content (AvgIpc) is 2.19. The Morgan fingerprint density at radius 3 is 2.56 bits per heavy atom. The third kappa shape index (κ3) is 5.15. The summed E-state index contributed by atoms with van der Waals surface area (Å²) in [4.78, 5) is 12.3. The lowest BCUT2D eigenvalue weighted by Gasteiger charge is -2.34. The first-order valence-electron chi connectivity index (χ1n) is 6.84. The van der Waals surface area contributed by atoms with Crippen LogP contribution in [0.15, 0.2) is 0 Å². The molecule has 0 radical (unpaired) electrons. The first kappa shape index (κ1) is 17.7. The van der Waals surface area contributed by atoms with Gasteiger partial charge >= 0.3 is 0 Å². The zero-order valence-electron chi connectivity index (χ0n) is 12.4. The Balaban J connectivity index is 0.00000289. The summed E-state index contributed by atoms with van der Waals surface area (Å²) in [6.45, 7) is 12.6. The topological polar surface area (TPSA) is 41.1 Å². The van der Waals surface area contributed by atoms with Crippen LogP contribution < -0.4 is 10.6 Å². The molecule has 0 bridgehead atoms. The Morgan fingerprint density at radius 2 is 2.06 bits per heavy atom. The molecule has 108 valence electrons. The maximum Gasteiger partial charge on any atom is 0.225 e. The number of halogens is 1. The van der Waals surface area contributed by atoms with E-state index in [0.717, 1.165) is 25.9 Å². The van der Waals surface area contributed by atoms with E-state index in [2.05, 4.69) is 31.4 Å². The zero-order chi connectivity index (χ0) is 13.1. The fourth-order valence-electron chi connectivity index (χ4n) is 2.66. The molecule has 1 aliphatic rings. The molecule has 0 saturated carbocycles. The smallest absolute Gasteiger partial charge is 0.225 e. The van der Waals surface area contributed by atoms with Crippen molar-refractivity contribution in [1.82, 2.24) is 10.6 Å². The zero-order valence-corrected chi connectivity index (χ0v) is 13.2. The summed E-state index contributed by atoms with van der Waals surface area (Å²) in [5, 5.41) is 6.56. The molecule has 2 unspecified atom stereocenters. The highest BCUT2D eigenvalue weighted by atomic mass is 35.5. The molecule has 0 spiro atoms. The fraction of sp³-hybridized carbons (Fsp3) is 0.929. The number of rotatable bonds is 4. The fourth-order valence-corrected chi connectivity index (χ4v) is 2.66. The van der Waals surface area contributed by atoms with Crippen LogP contribution in [-0.4, -0.2) is 25.0 Å². The second-order valence-corrected chi connectivity index (χ2v) is 6.53. The lowest BCUT2D eigenvalue weighted by atomic mass is 9.82. The molecule has 1 aliphatic heterocycles.